The van der Waals surface area contributed by atoms with Crippen molar-refractivity contribution in [2.24, 2.45) is 0 Å². The molecule has 2 aliphatic rings. The Bertz CT molecular complexity index is 539. The van der Waals surface area contributed by atoms with E-state index in [0.717, 1.165) is 5.57 Å². The molecule has 11 heteroatoms. The van der Waals surface area contributed by atoms with Gasteiger partial charge < -0.3 is 14.4 Å². The van der Waals surface area contributed by atoms with Crippen molar-refractivity contribution in [2.75, 3.05) is 34.0 Å². The Morgan fingerprint density at radius 3 is 2.59 bits per heavy atom. The predicted octanol–water partition coefficient (Wildman–Crippen LogP) is -0.830. The summed E-state index contributed by atoms with van der Waals surface area (Å²) in [6.45, 7) is 1.03. The van der Waals surface area contributed by atoms with Crippen LogP contribution < -0.4 is 0 Å². The van der Waals surface area contributed by atoms with Crippen LogP contribution in [0.15, 0.2) is 11.6 Å². The molecule has 1 N–H and O–H groups in total. The molecule has 0 unspecified atom stereocenters. The summed E-state index contributed by atoms with van der Waals surface area (Å²) in [6.07, 6.45) is 2.35. The van der Waals surface area contributed by atoms with Crippen LogP contribution in [0.2, 0.25) is 0 Å². The van der Waals surface area contributed by atoms with Crippen molar-refractivity contribution in [3.8, 4) is 0 Å². The minimum atomic E-state index is -4.75. The minimum absolute atomic E-state index is 0. The molecule has 1 saturated heterocycles. The second-order valence-electron chi connectivity index (χ2n) is 4.79. The fourth-order valence-corrected chi connectivity index (χ4v) is 2.95. The summed E-state index contributed by atoms with van der Waals surface area (Å²) < 4.78 is 45.0. The summed E-state index contributed by atoms with van der Waals surface area (Å²) in [4.78, 5) is 13.7. The summed E-state index contributed by atoms with van der Waals surface area (Å²) in [7, 11) is -1.66. The van der Waals surface area contributed by atoms with Gasteiger partial charge in [-0.15, -0.1) is 4.28 Å². The summed E-state index contributed by atoms with van der Waals surface area (Å²) in [6, 6.07) is -1.49. The molecule has 1 fully saturated rings. The molecule has 0 aromatic rings. The Morgan fingerprint density at radius 1 is 1.36 bits per heavy atom. The maximum absolute atomic E-state index is 12.2. The maximum atomic E-state index is 12.2. The van der Waals surface area contributed by atoms with Crippen LogP contribution in [0.4, 0.5) is 4.79 Å². The molecule has 2 aliphatic heterocycles. The van der Waals surface area contributed by atoms with E-state index in [1.807, 2.05) is 0 Å². The topological polar surface area (TPSA) is 106 Å². The van der Waals surface area contributed by atoms with Gasteiger partial charge in [-0.1, -0.05) is 6.08 Å². The molecule has 2 bridgehead atoms. The average Bonchev–Trinajstić information content (AvgIpc) is 2.64. The number of amides is 2. The van der Waals surface area contributed by atoms with Crippen molar-refractivity contribution in [3.05, 3.63) is 11.6 Å². The zero-order valence-corrected chi connectivity index (χ0v) is 12.6. The molecule has 2 rings (SSSR count). The second kappa shape index (κ2) is 8.06. The van der Waals surface area contributed by atoms with E-state index in [0.29, 0.717) is 18.1 Å². The zero-order valence-electron chi connectivity index (χ0n) is 11.8. The summed E-state index contributed by atoms with van der Waals surface area (Å²) in [5, 5.41) is 0.664. The molecule has 0 aliphatic carbocycles. The molecule has 0 aromatic carbocycles. The molecule has 2 amide bonds. The monoisotopic (exact) mass is 346 g/mol. The van der Waals surface area contributed by atoms with Gasteiger partial charge in [0.1, 0.15) is 0 Å². The quantitative estimate of drug-likeness (QED) is 0.364. The van der Waals surface area contributed by atoms with E-state index >= 15 is 0 Å². The van der Waals surface area contributed by atoms with Gasteiger partial charge in [0.2, 0.25) is 0 Å². The van der Waals surface area contributed by atoms with E-state index in [-0.39, 0.29) is 48.8 Å². The van der Waals surface area contributed by atoms with Crippen LogP contribution in [0.5, 0.6) is 0 Å². The van der Waals surface area contributed by atoms with Crippen molar-refractivity contribution in [1.82, 2.24) is 9.96 Å². The number of methoxy groups -OCH3 is 2. The van der Waals surface area contributed by atoms with E-state index in [4.69, 9.17) is 14.0 Å². The third-order valence-corrected chi connectivity index (χ3v) is 3.77. The number of rotatable bonds is 7. The number of hydrogen-bond acceptors (Lipinski definition) is 6. The first-order valence-electron chi connectivity index (χ1n) is 6.32. The summed E-state index contributed by atoms with van der Waals surface area (Å²) in [5.74, 6) is 0. The average molecular weight is 346 g/mol. The van der Waals surface area contributed by atoms with E-state index in [1.165, 1.54) is 12.0 Å². The second-order valence-corrected chi connectivity index (χ2v) is 5.79. The van der Waals surface area contributed by atoms with Crippen LogP contribution in [0.3, 0.4) is 0 Å². The van der Waals surface area contributed by atoms with Crippen LogP contribution in [0.1, 0.15) is 6.42 Å². The number of ether oxygens (including phenoxy) is 2. The van der Waals surface area contributed by atoms with Crippen molar-refractivity contribution in [3.63, 3.8) is 0 Å². The van der Waals surface area contributed by atoms with Crippen LogP contribution in [0, 0.1) is 0 Å². The first kappa shape index (κ1) is 19.8. The number of nitrogens with zero attached hydrogens (tertiary/aromatic N) is 2. The zero-order chi connectivity index (χ0) is 15.6. The summed E-state index contributed by atoms with van der Waals surface area (Å²) in [5.41, 5.74) is 0.907. The molecule has 122 valence electrons. The SMILES string of the molecule is COCCC1=C[C@@H]2CN(C(=O)N2OS(=O)(=O)O)[C@@H]1COC.[NaH]. The molecule has 0 radical (unpaired) electrons. The normalized spacial score (nSPS) is 24.3. The van der Waals surface area contributed by atoms with Gasteiger partial charge in [-0.05, 0) is 12.0 Å². The fourth-order valence-electron chi connectivity index (χ4n) is 2.57. The van der Waals surface area contributed by atoms with Crippen molar-refractivity contribution < 1.29 is 31.5 Å². The Balaban J connectivity index is 0.00000242. The van der Waals surface area contributed by atoms with Crippen molar-refractivity contribution in [1.29, 1.82) is 0 Å². The standard InChI is InChI=1S/C11H18N2O7S.Na.H/c1-18-4-3-8-5-9-6-12(10(8)7-19-2)11(14)13(9)20-21(15,16)17;;/h5,9-10H,3-4,6-7H2,1-2H3,(H,15,16,17);;/t9-,10-;;/m1../s1. The van der Waals surface area contributed by atoms with Gasteiger partial charge in [-0.2, -0.15) is 13.5 Å². The fraction of sp³-hybridized carbons (Fsp3) is 0.727. The number of urea groups is 1. The first-order chi connectivity index (χ1) is 9.87. The van der Waals surface area contributed by atoms with Crippen molar-refractivity contribution >= 4 is 46.0 Å². The first-order valence-corrected chi connectivity index (χ1v) is 7.69. The Kier molecular flexibility index (Phi) is 7.27. The van der Waals surface area contributed by atoms with Crippen molar-refractivity contribution in [2.45, 2.75) is 18.5 Å². The van der Waals surface area contributed by atoms with E-state index in [2.05, 4.69) is 4.28 Å². The van der Waals surface area contributed by atoms with E-state index < -0.39 is 22.5 Å². The van der Waals surface area contributed by atoms with Crippen LogP contribution in [-0.2, 0) is 24.2 Å². The molecule has 2 atom stereocenters. The van der Waals surface area contributed by atoms with Crippen LogP contribution >= 0.6 is 0 Å². The van der Waals surface area contributed by atoms with Gasteiger partial charge in [-0.25, -0.2) is 4.79 Å². The molecule has 2 heterocycles. The Labute approximate surface area is 151 Å². The Hall–Kier alpha value is -0.200. The Morgan fingerprint density at radius 2 is 2.05 bits per heavy atom. The van der Waals surface area contributed by atoms with E-state index in [9.17, 15) is 13.2 Å². The van der Waals surface area contributed by atoms with E-state index in [1.54, 1.807) is 13.2 Å². The molecular formula is C11H19N2NaO7S. The van der Waals surface area contributed by atoms with Gasteiger partial charge in [0.15, 0.2) is 0 Å². The molecule has 0 saturated carbocycles. The molecular weight excluding hydrogens is 327 g/mol. The van der Waals surface area contributed by atoms with Gasteiger partial charge in [0.05, 0.1) is 18.7 Å². The van der Waals surface area contributed by atoms with Gasteiger partial charge in [0, 0.05) is 27.4 Å². The third kappa shape index (κ3) is 4.42. The van der Waals surface area contributed by atoms with Crippen LogP contribution in [0.25, 0.3) is 0 Å². The van der Waals surface area contributed by atoms with Crippen LogP contribution in [-0.4, -0.2) is 105 Å². The number of hydrogen-bond donors (Lipinski definition) is 1. The molecule has 22 heavy (non-hydrogen) atoms. The number of carbonyl (C=O) groups is 1. The molecule has 0 aromatic heterocycles. The molecule has 0 spiro atoms. The molecule has 9 nitrogen and oxygen atoms in total. The third-order valence-electron chi connectivity index (χ3n) is 3.42. The number of carbonyl (C=O) groups excluding carboxylic acids is 1. The number of fused-ring (bicyclic) bond motifs is 2. The summed E-state index contributed by atoms with van der Waals surface area (Å²) >= 11 is 0. The predicted molar refractivity (Wildman–Crippen MR) is 77.8 cm³/mol. The van der Waals surface area contributed by atoms with Gasteiger partial charge in [0.25, 0.3) is 0 Å². The van der Waals surface area contributed by atoms with Gasteiger partial charge in [-0.3, -0.25) is 4.55 Å². The van der Waals surface area contributed by atoms with Gasteiger partial charge >= 0.3 is 46.0 Å². The number of hydroxylamine groups is 2.